The van der Waals surface area contributed by atoms with Gasteiger partial charge in [0.15, 0.2) is 0 Å². The molecule has 1 aromatic carbocycles. The minimum atomic E-state index is 0.160. The summed E-state index contributed by atoms with van der Waals surface area (Å²) in [6.07, 6.45) is 5.74. The standard InChI is InChI=1S/C14H19N3/c1-12(15)11-14-16-8-10-17(14)9-7-13-5-3-2-4-6-13/h2-6,8,10,12H,7,9,11,15H2,1H3. The molecule has 90 valence electrons. The van der Waals surface area contributed by atoms with E-state index in [1.807, 2.05) is 25.4 Å². The lowest BCUT2D eigenvalue weighted by atomic mass is 10.1. The summed E-state index contributed by atoms with van der Waals surface area (Å²) in [7, 11) is 0. The van der Waals surface area contributed by atoms with Crippen molar-refractivity contribution in [1.82, 2.24) is 9.55 Å². The van der Waals surface area contributed by atoms with Gasteiger partial charge >= 0.3 is 0 Å². The second kappa shape index (κ2) is 5.64. The molecule has 0 amide bonds. The molecule has 3 heteroatoms. The van der Waals surface area contributed by atoms with E-state index in [4.69, 9.17) is 5.73 Å². The molecule has 1 atom stereocenters. The number of nitrogens with two attached hydrogens (primary N) is 1. The van der Waals surface area contributed by atoms with E-state index < -0.39 is 0 Å². The smallest absolute Gasteiger partial charge is 0.110 e. The fourth-order valence-corrected chi connectivity index (χ4v) is 1.92. The molecule has 1 aromatic heterocycles. The topological polar surface area (TPSA) is 43.8 Å². The maximum absolute atomic E-state index is 5.81. The van der Waals surface area contributed by atoms with E-state index >= 15 is 0 Å². The van der Waals surface area contributed by atoms with Crippen molar-refractivity contribution in [2.45, 2.75) is 32.4 Å². The van der Waals surface area contributed by atoms with Gasteiger partial charge in [-0.05, 0) is 18.9 Å². The summed E-state index contributed by atoms with van der Waals surface area (Å²) in [5.41, 5.74) is 7.16. The molecule has 0 fully saturated rings. The quantitative estimate of drug-likeness (QED) is 0.852. The van der Waals surface area contributed by atoms with Crippen LogP contribution in [0.1, 0.15) is 18.3 Å². The number of imidazole rings is 1. The van der Waals surface area contributed by atoms with Crippen LogP contribution in [-0.2, 0) is 19.4 Å². The zero-order valence-corrected chi connectivity index (χ0v) is 10.2. The molecule has 3 nitrogen and oxygen atoms in total. The molecule has 2 aromatic rings. The van der Waals surface area contributed by atoms with Gasteiger partial charge in [0.1, 0.15) is 5.82 Å². The molecule has 1 unspecified atom stereocenters. The zero-order chi connectivity index (χ0) is 12.1. The van der Waals surface area contributed by atoms with E-state index in [9.17, 15) is 0 Å². The highest BCUT2D eigenvalue weighted by molar-refractivity contribution is 5.14. The van der Waals surface area contributed by atoms with Crippen LogP contribution in [0.25, 0.3) is 0 Å². The molecule has 0 bridgehead atoms. The van der Waals surface area contributed by atoms with Gasteiger partial charge in [0.2, 0.25) is 0 Å². The fourth-order valence-electron chi connectivity index (χ4n) is 1.92. The summed E-state index contributed by atoms with van der Waals surface area (Å²) in [5, 5.41) is 0. The van der Waals surface area contributed by atoms with Gasteiger partial charge in [0.05, 0.1) is 0 Å². The lowest BCUT2D eigenvalue weighted by Gasteiger charge is -2.09. The number of hydrogen-bond donors (Lipinski definition) is 1. The van der Waals surface area contributed by atoms with Gasteiger partial charge < -0.3 is 10.3 Å². The summed E-state index contributed by atoms with van der Waals surface area (Å²) in [4.78, 5) is 4.35. The van der Waals surface area contributed by atoms with Crippen molar-refractivity contribution in [3.8, 4) is 0 Å². The zero-order valence-electron chi connectivity index (χ0n) is 10.2. The van der Waals surface area contributed by atoms with Crippen LogP contribution >= 0.6 is 0 Å². The third-order valence-electron chi connectivity index (χ3n) is 2.79. The molecular weight excluding hydrogens is 210 g/mol. The Kier molecular flexibility index (Phi) is 3.94. The third-order valence-corrected chi connectivity index (χ3v) is 2.79. The summed E-state index contributed by atoms with van der Waals surface area (Å²) in [5.74, 6) is 1.08. The molecule has 0 aliphatic rings. The molecule has 0 saturated carbocycles. The second-order valence-corrected chi connectivity index (χ2v) is 4.45. The predicted octanol–water partition coefficient (Wildman–Crippen LogP) is 2.02. The van der Waals surface area contributed by atoms with Crippen LogP contribution < -0.4 is 5.73 Å². The summed E-state index contributed by atoms with van der Waals surface area (Å²) >= 11 is 0. The van der Waals surface area contributed by atoms with Gasteiger partial charge in [-0.3, -0.25) is 0 Å². The van der Waals surface area contributed by atoms with Crippen molar-refractivity contribution >= 4 is 0 Å². The van der Waals surface area contributed by atoms with Crippen molar-refractivity contribution in [2.75, 3.05) is 0 Å². The molecule has 0 saturated heterocycles. The van der Waals surface area contributed by atoms with E-state index in [1.165, 1.54) is 5.56 Å². The Hall–Kier alpha value is -1.61. The highest BCUT2D eigenvalue weighted by Crippen LogP contribution is 2.05. The van der Waals surface area contributed by atoms with Crippen molar-refractivity contribution < 1.29 is 0 Å². The normalized spacial score (nSPS) is 12.6. The highest BCUT2D eigenvalue weighted by atomic mass is 15.1. The number of benzene rings is 1. The third kappa shape index (κ3) is 3.43. The highest BCUT2D eigenvalue weighted by Gasteiger charge is 2.05. The number of aromatic nitrogens is 2. The maximum atomic E-state index is 5.81. The van der Waals surface area contributed by atoms with Gasteiger partial charge in [-0.15, -0.1) is 0 Å². The summed E-state index contributed by atoms with van der Waals surface area (Å²) in [6, 6.07) is 10.7. The van der Waals surface area contributed by atoms with Crippen LogP contribution in [0.3, 0.4) is 0 Å². The molecule has 0 radical (unpaired) electrons. The van der Waals surface area contributed by atoms with Crippen molar-refractivity contribution in [2.24, 2.45) is 5.73 Å². The summed E-state index contributed by atoms with van der Waals surface area (Å²) < 4.78 is 2.19. The second-order valence-electron chi connectivity index (χ2n) is 4.45. The van der Waals surface area contributed by atoms with Crippen LogP contribution in [-0.4, -0.2) is 15.6 Å². The van der Waals surface area contributed by atoms with Crippen molar-refractivity contribution in [3.63, 3.8) is 0 Å². The van der Waals surface area contributed by atoms with E-state index in [2.05, 4.69) is 33.8 Å². The first-order valence-corrected chi connectivity index (χ1v) is 6.05. The molecular formula is C14H19N3. The van der Waals surface area contributed by atoms with Crippen LogP contribution in [0.15, 0.2) is 42.7 Å². The van der Waals surface area contributed by atoms with Crippen LogP contribution in [0.5, 0.6) is 0 Å². The van der Waals surface area contributed by atoms with E-state index in [0.717, 1.165) is 25.2 Å². The molecule has 0 aliphatic heterocycles. The Balaban J connectivity index is 1.97. The van der Waals surface area contributed by atoms with Crippen LogP contribution in [0.4, 0.5) is 0 Å². The van der Waals surface area contributed by atoms with Gasteiger partial charge in [-0.25, -0.2) is 4.98 Å². The van der Waals surface area contributed by atoms with Gasteiger partial charge in [-0.1, -0.05) is 30.3 Å². The number of aryl methyl sites for hydroxylation is 2. The Labute approximate surface area is 102 Å². The average Bonchev–Trinajstić information content (AvgIpc) is 2.74. The Morgan fingerprint density at radius 3 is 2.76 bits per heavy atom. The Morgan fingerprint density at radius 2 is 2.06 bits per heavy atom. The minimum Gasteiger partial charge on any atom is -0.335 e. The maximum Gasteiger partial charge on any atom is 0.110 e. The first kappa shape index (κ1) is 11.9. The Morgan fingerprint density at radius 1 is 1.29 bits per heavy atom. The molecule has 2 N–H and O–H groups in total. The van der Waals surface area contributed by atoms with E-state index in [1.54, 1.807) is 0 Å². The largest absolute Gasteiger partial charge is 0.335 e. The van der Waals surface area contributed by atoms with Gasteiger partial charge in [0.25, 0.3) is 0 Å². The molecule has 1 heterocycles. The van der Waals surface area contributed by atoms with E-state index in [0.29, 0.717) is 0 Å². The lowest BCUT2D eigenvalue weighted by Crippen LogP contribution is -2.20. The van der Waals surface area contributed by atoms with E-state index in [-0.39, 0.29) is 6.04 Å². The Bertz CT molecular complexity index is 446. The number of rotatable bonds is 5. The first-order chi connectivity index (χ1) is 8.25. The van der Waals surface area contributed by atoms with Crippen molar-refractivity contribution in [1.29, 1.82) is 0 Å². The minimum absolute atomic E-state index is 0.160. The molecule has 17 heavy (non-hydrogen) atoms. The van der Waals surface area contributed by atoms with Gasteiger partial charge in [0, 0.05) is 31.4 Å². The van der Waals surface area contributed by atoms with Crippen molar-refractivity contribution in [3.05, 3.63) is 54.1 Å². The first-order valence-electron chi connectivity index (χ1n) is 6.05. The van der Waals surface area contributed by atoms with Crippen LogP contribution in [0, 0.1) is 0 Å². The fraction of sp³-hybridized carbons (Fsp3) is 0.357. The molecule has 0 spiro atoms. The number of nitrogens with zero attached hydrogens (tertiary/aromatic N) is 2. The summed E-state index contributed by atoms with van der Waals surface area (Å²) in [6.45, 7) is 2.97. The van der Waals surface area contributed by atoms with Crippen LogP contribution in [0.2, 0.25) is 0 Å². The predicted molar refractivity (Wildman–Crippen MR) is 69.7 cm³/mol. The molecule has 0 aliphatic carbocycles. The average molecular weight is 229 g/mol. The SMILES string of the molecule is CC(N)Cc1nccn1CCc1ccccc1. The monoisotopic (exact) mass is 229 g/mol. The molecule has 2 rings (SSSR count). The number of hydrogen-bond acceptors (Lipinski definition) is 2. The lowest BCUT2D eigenvalue weighted by molar-refractivity contribution is 0.612. The van der Waals surface area contributed by atoms with Gasteiger partial charge in [-0.2, -0.15) is 0 Å².